The second kappa shape index (κ2) is 11.0. The van der Waals surface area contributed by atoms with Crippen LogP contribution in [0.15, 0.2) is 75.8 Å². The summed E-state index contributed by atoms with van der Waals surface area (Å²) >= 11 is 1.56. The Balaban J connectivity index is 1.55. The molecule has 1 aliphatic carbocycles. The Bertz CT molecular complexity index is 1440. The molecule has 0 fully saturated rings. The molecule has 6 nitrogen and oxygen atoms in total. The van der Waals surface area contributed by atoms with Crippen molar-refractivity contribution in [2.24, 2.45) is 11.3 Å². The third-order valence-electron chi connectivity index (χ3n) is 7.44. The summed E-state index contributed by atoms with van der Waals surface area (Å²) in [7, 11) is 0. The van der Waals surface area contributed by atoms with Crippen molar-refractivity contribution in [2.45, 2.75) is 65.1 Å². The SMILES string of the molecule is CCN(Cc1ccccc1)c1ccc(C2C3=C(CC(C)(C)CC3=O)Nc3nc(SCC(C)C)[nH]c(=O)c32)cc1. The Morgan fingerprint density at radius 3 is 2.44 bits per heavy atom. The minimum Gasteiger partial charge on any atom is -0.367 e. The third-order valence-corrected chi connectivity index (χ3v) is 8.74. The first-order valence-electron chi connectivity index (χ1n) is 13.8. The highest BCUT2D eigenvalue weighted by atomic mass is 32.2. The lowest BCUT2D eigenvalue weighted by atomic mass is 9.69. The van der Waals surface area contributed by atoms with Gasteiger partial charge in [-0.05, 0) is 47.9 Å². The highest BCUT2D eigenvalue weighted by molar-refractivity contribution is 7.99. The number of nitrogens with one attached hydrogen (secondary N) is 2. The molecule has 0 radical (unpaired) electrons. The predicted molar refractivity (Wildman–Crippen MR) is 161 cm³/mol. The van der Waals surface area contributed by atoms with Crippen molar-refractivity contribution in [2.75, 3.05) is 22.5 Å². The fraction of sp³-hybridized carbons (Fsp3) is 0.406. The molecule has 3 aromatic rings. The summed E-state index contributed by atoms with van der Waals surface area (Å²) in [4.78, 5) is 37.3. The number of ketones is 1. The van der Waals surface area contributed by atoms with Crippen molar-refractivity contribution in [3.05, 3.63) is 92.9 Å². The summed E-state index contributed by atoms with van der Waals surface area (Å²) in [5.74, 6) is 1.57. The van der Waals surface area contributed by atoms with Crippen LogP contribution in [0.1, 0.15) is 70.1 Å². The van der Waals surface area contributed by atoms with Gasteiger partial charge in [-0.2, -0.15) is 0 Å². The first-order valence-corrected chi connectivity index (χ1v) is 14.8. The van der Waals surface area contributed by atoms with Crippen LogP contribution in [0.4, 0.5) is 11.5 Å². The first kappa shape index (κ1) is 27.3. The maximum Gasteiger partial charge on any atom is 0.257 e. The summed E-state index contributed by atoms with van der Waals surface area (Å²) in [6, 6.07) is 18.8. The molecule has 1 unspecified atom stereocenters. The largest absolute Gasteiger partial charge is 0.367 e. The number of fused-ring (bicyclic) bond motifs is 1. The number of nitrogens with zero attached hydrogens (tertiary/aromatic N) is 2. The number of aromatic amines is 1. The second-order valence-electron chi connectivity index (χ2n) is 11.8. The zero-order valence-electron chi connectivity index (χ0n) is 23.5. The fourth-order valence-electron chi connectivity index (χ4n) is 5.61. The lowest BCUT2D eigenvalue weighted by Gasteiger charge is -2.38. The molecule has 204 valence electrons. The Morgan fingerprint density at radius 2 is 1.77 bits per heavy atom. The molecule has 0 saturated carbocycles. The molecule has 1 aliphatic heterocycles. The number of Topliss-reactive ketones (excluding diaryl/α,β-unsaturated/α-hetero) is 1. The zero-order valence-corrected chi connectivity index (χ0v) is 24.3. The quantitative estimate of drug-likeness (QED) is 0.242. The molecule has 7 heteroatoms. The van der Waals surface area contributed by atoms with Gasteiger partial charge in [-0.3, -0.25) is 9.59 Å². The van der Waals surface area contributed by atoms with E-state index in [0.29, 0.717) is 34.4 Å². The lowest BCUT2D eigenvalue weighted by molar-refractivity contribution is -0.118. The Kier molecular flexibility index (Phi) is 7.72. The first-order chi connectivity index (χ1) is 18.6. The molecule has 2 aromatic carbocycles. The molecule has 2 aliphatic rings. The Morgan fingerprint density at radius 1 is 1.05 bits per heavy atom. The van der Waals surface area contributed by atoms with E-state index in [0.717, 1.165) is 42.2 Å². The number of carbonyl (C=O) groups is 1. The van der Waals surface area contributed by atoms with Gasteiger partial charge >= 0.3 is 0 Å². The van der Waals surface area contributed by atoms with E-state index in [-0.39, 0.29) is 16.8 Å². The van der Waals surface area contributed by atoms with Crippen molar-refractivity contribution >= 4 is 29.1 Å². The summed E-state index contributed by atoms with van der Waals surface area (Å²) < 4.78 is 0. The molecule has 0 amide bonds. The molecule has 2 heterocycles. The molecule has 0 bridgehead atoms. The van der Waals surface area contributed by atoms with E-state index >= 15 is 0 Å². The maximum absolute atomic E-state index is 13.6. The molecule has 0 saturated heterocycles. The van der Waals surface area contributed by atoms with Crippen LogP contribution in [0.25, 0.3) is 0 Å². The molecular weight excluding hydrogens is 504 g/mol. The van der Waals surface area contributed by atoms with Gasteiger partial charge in [0.15, 0.2) is 10.9 Å². The monoisotopic (exact) mass is 542 g/mol. The van der Waals surface area contributed by atoms with Gasteiger partial charge in [-0.1, -0.05) is 81.9 Å². The van der Waals surface area contributed by atoms with E-state index in [2.05, 4.69) is 98.4 Å². The van der Waals surface area contributed by atoms with Crippen molar-refractivity contribution in [3.8, 4) is 0 Å². The molecule has 1 aromatic heterocycles. The minimum absolute atomic E-state index is 0.102. The molecule has 1 atom stereocenters. The Labute approximate surface area is 235 Å². The average molecular weight is 543 g/mol. The smallest absolute Gasteiger partial charge is 0.257 e. The van der Waals surface area contributed by atoms with Crippen molar-refractivity contribution in [3.63, 3.8) is 0 Å². The summed E-state index contributed by atoms with van der Waals surface area (Å²) in [5, 5.41) is 4.04. The number of hydrogen-bond donors (Lipinski definition) is 2. The van der Waals surface area contributed by atoms with Crippen LogP contribution in [-0.2, 0) is 11.3 Å². The number of hydrogen-bond acceptors (Lipinski definition) is 6. The maximum atomic E-state index is 13.6. The van der Waals surface area contributed by atoms with Crippen LogP contribution in [0.5, 0.6) is 0 Å². The highest BCUT2D eigenvalue weighted by Crippen LogP contribution is 2.47. The van der Waals surface area contributed by atoms with Gasteiger partial charge in [0, 0.05) is 48.1 Å². The fourth-order valence-corrected chi connectivity index (χ4v) is 6.42. The van der Waals surface area contributed by atoms with Crippen LogP contribution >= 0.6 is 11.8 Å². The summed E-state index contributed by atoms with van der Waals surface area (Å²) in [6.45, 7) is 12.4. The number of H-pyrrole nitrogens is 1. The van der Waals surface area contributed by atoms with Crippen LogP contribution in [0.2, 0.25) is 0 Å². The van der Waals surface area contributed by atoms with Crippen LogP contribution in [0, 0.1) is 11.3 Å². The molecule has 0 spiro atoms. The number of anilines is 2. The van der Waals surface area contributed by atoms with Crippen molar-refractivity contribution < 1.29 is 4.79 Å². The van der Waals surface area contributed by atoms with Gasteiger partial charge < -0.3 is 15.2 Å². The highest BCUT2D eigenvalue weighted by Gasteiger charge is 2.42. The number of benzene rings is 2. The van der Waals surface area contributed by atoms with Crippen molar-refractivity contribution in [1.29, 1.82) is 0 Å². The second-order valence-corrected chi connectivity index (χ2v) is 12.8. The number of carbonyl (C=O) groups excluding carboxylic acids is 1. The third kappa shape index (κ3) is 5.83. The van der Waals surface area contributed by atoms with Crippen LogP contribution in [0.3, 0.4) is 0 Å². The number of allylic oxidation sites excluding steroid dienone is 2. The zero-order chi connectivity index (χ0) is 27.7. The molecular formula is C32H38N4O2S. The lowest BCUT2D eigenvalue weighted by Crippen LogP contribution is -2.37. The number of aromatic nitrogens is 2. The number of thioether (sulfide) groups is 1. The average Bonchev–Trinajstić information content (AvgIpc) is 2.89. The van der Waals surface area contributed by atoms with E-state index in [1.165, 1.54) is 5.56 Å². The summed E-state index contributed by atoms with van der Waals surface area (Å²) in [6.07, 6.45) is 1.21. The van der Waals surface area contributed by atoms with Gasteiger partial charge in [-0.25, -0.2) is 4.98 Å². The minimum atomic E-state index is -0.446. The number of rotatable bonds is 8. The van der Waals surface area contributed by atoms with Gasteiger partial charge in [0.1, 0.15) is 5.82 Å². The Hall–Kier alpha value is -3.32. The van der Waals surface area contributed by atoms with Crippen LogP contribution < -0.4 is 15.8 Å². The van der Waals surface area contributed by atoms with Crippen molar-refractivity contribution in [1.82, 2.24) is 9.97 Å². The van der Waals surface area contributed by atoms with E-state index in [9.17, 15) is 9.59 Å². The van der Waals surface area contributed by atoms with E-state index in [4.69, 9.17) is 4.98 Å². The van der Waals surface area contributed by atoms with Gasteiger partial charge in [0.2, 0.25) is 0 Å². The molecule has 5 rings (SSSR count). The van der Waals surface area contributed by atoms with Crippen LogP contribution in [-0.4, -0.2) is 28.0 Å². The molecule has 2 N–H and O–H groups in total. The predicted octanol–water partition coefficient (Wildman–Crippen LogP) is 6.75. The standard InChI is InChI=1S/C32H38N4O2S/c1-6-36(18-21-10-8-7-9-11-21)23-14-12-22(13-15-23)26-27-24(16-32(4,5)17-25(27)37)33-29-28(26)30(38)35-31(34-29)39-19-20(2)3/h7-15,20,26H,6,16-19H2,1-5H3,(H2,33,34,35,38). The molecule has 39 heavy (non-hydrogen) atoms. The van der Waals surface area contributed by atoms with Gasteiger partial charge in [-0.15, -0.1) is 0 Å². The normalized spacial score (nSPS) is 18.0. The topological polar surface area (TPSA) is 78.1 Å². The summed E-state index contributed by atoms with van der Waals surface area (Å²) in [5.41, 5.74) is 5.10. The van der Waals surface area contributed by atoms with E-state index in [1.54, 1.807) is 11.8 Å². The van der Waals surface area contributed by atoms with Gasteiger partial charge in [0.05, 0.1) is 5.56 Å². The van der Waals surface area contributed by atoms with Gasteiger partial charge in [0.25, 0.3) is 5.56 Å². The van der Waals surface area contributed by atoms with E-state index < -0.39 is 5.92 Å². The van der Waals surface area contributed by atoms with E-state index in [1.807, 2.05) is 6.07 Å².